The number of allylic oxidation sites excluding steroid dienone is 4. The first-order valence-electron chi connectivity index (χ1n) is 20.7. The second-order valence-corrected chi connectivity index (χ2v) is 17.4. The van der Waals surface area contributed by atoms with Crippen molar-refractivity contribution in [3.8, 4) is 16.8 Å². The average molecular weight is 762 g/mol. The monoisotopic (exact) mass is 761 g/mol. The zero-order valence-corrected chi connectivity index (χ0v) is 32.7. The molecule has 0 saturated carbocycles. The summed E-state index contributed by atoms with van der Waals surface area (Å²) in [6.45, 7) is 0. The number of benzene rings is 7. The van der Waals surface area contributed by atoms with Gasteiger partial charge in [0.1, 0.15) is 0 Å². The molecule has 276 valence electrons. The maximum Gasteiger partial charge on any atom is 0.0629 e. The zero-order valence-electron chi connectivity index (χ0n) is 31.9. The molecule has 0 bridgehead atoms. The van der Waals surface area contributed by atoms with Crippen molar-refractivity contribution in [3.05, 3.63) is 199 Å². The van der Waals surface area contributed by atoms with Gasteiger partial charge < -0.3 is 14.4 Å². The number of para-hydroxylation sites is 2. The first-order valence-corrected chi connectivity index (χ1v) is 21.5. The van der Waals surface area contributed by atoms with Crippen LogP contribution in [0.3, 0.4) is 0 Å². The highest BCUT2D eigenvalue weighted by atomic mass is 32.1. The molecular formula is C54H39N3S. The molecule has 0 N–H and O–H groups in total. The number of hydrogen-bond donors (Lipinski definition) is 0. The zero-order chi connectivity index (χ0) is 37.9. The first kappa shape index (κ1) is 32.5. The number of nitrogens with zero attached hydrogens (tertiary/aromatic N) is 3. The van der Waals surface area contributed by atoms with Crippen LogP contribution in [0.4, 0.5) is 22.7 Å². The lowest BCUT2D eigenvalue weighted by atomic mass is 9.86. The summed E-state index contributed by atoms with van der Waals surface area (Å²) < 4.78 is 5.10. The Hall–Kier alpha value is -6.62. The van der Waals surface area contributed by atoms with E-state index in [1.165, 1.54) is 111 Å². The van der Waals surface area contributed by atoms with E-state index in [4.69, 9.17) is 0 Å². The van der Waals surface area contributed by atoms with E-state index in [-0.39, 0.29) is 6.04 Å². The molecule has 2 aliphatic heterocycles. The highest BCUT2D eigenvalue weighted by Crippen LogP contribution is 2.54. The van der Waals surface area contributed by atoms with Gasteiger partial charge in [-0.25, -0.2) is 0 Å². The summed E-state index contributed by atoms with van der Waals surface area (Å²) in [4.78, 5) is 5.14. The maximum atomic E-state index is 2.57. The quantitative estimate of drug-likeness (QED) is 0.177. The van der Waals surface area contributed by atoms with Gasteiger partial charge >= 0.3 is 0 Å². The van der Waals surface area contributed by atoms with Gasteiger partial charge in [-0.05, 0) is 126 Å². The Morgan fingerprint density at radius 2 is 1.24 bits per heavy atom. The Kier molecular flexibility index (Phi) is 6.96. The van der Waals surface area contributed by atoms with E-state index in [0.717, 1.165) is 6.42 Å². The molecule has 13 rings (SSSR count). The van der Waals surface area contributed by atoms with Crippen molar-refractivity contribution in [2.75, 3.05) is 9.80 Å². The molecule has 4 heteroatoms. The fourth-order valence-electron chi connectivity index (χ4n) is 10.7. The van der Waals surface area contributed by atoms with E-state index in [1.807, 2.05) is 11.3 Å². The highest BCUT2D eigenvalue weighted by Gasteiger charge is 2.39. The van der Waals surface area contributed by atoms with Crippen LogP contribution in [0.25, 0.3) is 58.8 Å². The SMILES string of the molecule is C1=CC2c3cc(-c4ccc5c(c4)C4CCCC=C4N5c4ccc5c(c4)c4ccccc4n5-c4ccccc4)ccc3N(c3ccc4sc5ccccc5c4c3)C2C=C1. The third-order valence-corrected chi connectivity index (χ3v) is 14.4. The molecule has 4 heterocycles. The third kappa shape index (κ3) is 4.67. The smallest absolute Gasteiger partial charge is 0.0629 e. The average Bonchev–Trinajstić information content (AvgIpc) is 4.02. The second-order valence-electron chi connectivity index (χ2n) is 16.3. The first-order chi connectivity index (χ1) is 28.8. The predicted octanol–water partition coefficient (Wildman–Crippen LogP) is 14.9. The van der Waals surface area contributed by atoms with Gasteiger partial charge in [-0.1, -0.05) is 97.1 Å². The molecule has 3 nitrogen and oxygen atoms in total. The number of fused-ring (bicyclic) bond motifs is 12. The second kappa shape index (κ2) is 12.4. The third-order valence-electron chi connectivity index (χ3n) is 13.3. The summed E-state index contributed by atoms with van der Waals surface area (Å²) in [7, 11) is 0. The molecule has 0 radical (unpaired) electrons. The lowest BCUT2D eigenvalue weighted by molar-refractivity contribution is 0.634. The van der Waals surface area contributed by atoms with Crippen molar-refractivity contribution in [2.45, 2.75) is 37.1 Å². The van der Waals surface area contributed by atoms with Crippen LogP contribution >= 0.6 is 11.3 Å². The van der Waals surface area contributed by atoms with E-state index in [2.05, 4.69) is 196 Å². The lowest BCUT2D eigenvalue weighted by Gasteiger charge is -2.28. The predicted molar refractivity (Wildman–Crippen MR) is 246 cm³/mol. The molecule has 7 aromatic carbocycles. The number of aromatic nitrogens is 1. The van der Waals surface area contributed by atoms with Gasteiger partial charge in [-0.2, -0.15) is 0 Å². The minimum Gasteiger partial charge on any atom is -0.333 e. The fourth-order valence-corrected chi connectivity index (χ4v) is 11.8. The largest absolute Gasteiger partial charge is 0.333 e. The molecule has 3 unspecified atom stereocenters. The molecule has 0 amide bonds. The lowest BCUT2D eigenvalue weighted by Crippen LogP contribution is -2.28. The molecule has 2 aliphatic carbocycles. The summed E-state index contributed by atoms with van der Waals surface area (Å²) in [6.07, 6.45) is 15.3. The van der Waals surface area contributed by atoms with Crippen molar-refractivity contribution >= 4 is 76.1 Å². The number of hydrogen-bond acceptors (Lipinski definition) is 3. The van der Waals surface area contributed by atoms with Crippen LogP contribution in [0.2, 0.25) is 0 Å². The summed E-state index contributed by atoms with van der Waals surface area (Å²) in [5.74, 6) is 0.698. The van der Waals surface area contributed by atoms with E-state index in [0.29, 0.717) is 11.8 Å². The Labute approximate surface area is 341 Å². The molecule has 0 spiro atoms. The van der Waals surface area contributed by atoms with Crippen molar-refractivity contribution in [3.63, 3.8) is 0 Å². The summed E-state index contributed by atoms with van der Waals surface area (Å²) in [5, 5.41) is 5.26. The minimum absolute atomic E-state index is 0.250. The van der Waals surface area contributed by atoms with Gasteiger partial charge in [0.25, 0.3) is 0 Å². The van der Waals surface area contributed by atoms with Crippen molar-refractivity contribution in [1.82, 2.24) is 4.57 Å². The van der Waals surface area contributed by atoms with Crippen LogP contribution < -0.4 is 9.80 Å². The van der Waals surface area contributed by atoms with E-state index in [9.17, 15) is 0 Å². The van der Waals surface area contributed by atoms with Crippen LogP contribution in [-0.4, -0.2) is 10.6 Å². The van der Waals surface area contributed by atoms with Crippen molar-refractivity contribution in [2.24, 2.45) is 0 Å². The van der Waals surface area contributed by atoms with Crippen molar-refractivity contribution < 1.29 is 0 Å². The molecule has 4 aliphatic rings. The number of anilines is 4. The normalized spacial score (nSPS) is 19.2. The van der Waals surface area contributed by atoms with Crippen LogP contribution in [0.15, 0.2) is 188 Å². The Bertz CT molecular complexity index is 3250. The Morgan fingerprint density at radius 1 is 0.517 bits per heavy atom. The topological polar surface area (TPSA) is 11.4 Å². The molecule has 2 aromatic heterocycles. The van der Waals surface area contributed by atoms with Crippen LogP contribution in [0.5, 0.6) is 0 Å². The molecule has 3 atom stereocenters. The van der Waals surface area contributed by atoms with Gasteiger partial charge in [0.2, 0.25) is 0 Å². The Balaban J connectivity index is 0.903. The van der Waals surface area contributed by atoms with E-state index in [1.54, 1.807) is 0 Å². The van der Waals surface area contributed by atoms with Gasteiger partial charge in [0.15, 0.2) is 0 Å². The van der Waals surface area contributed by atoms with Crippen LogP contribution in [0.1, 0.15) is 42.2 Å². The number of rotatable bonds is 4. The molecule has 9 aromatic rings. The summed E-state index contributed by atoms with van der Waals surface area (Å²) in [6, 6.07) is 57.3. The summed E-state index contributed by atoms with van der Waals surface area (Å²) in [5.41, 5.74) is 15.7. The maximum absolute atomic E-state index is 2.57. The molecule has 0 fully saturated rings. The highest BCUT2D eigenvalue weighted by molar-refractivity contribution is 7.25. The van der Waals surface area contributed by atoms with Crippen LogP contribution in [-0.2, 0) is 0 Å². The summed E-state index contributed by atoms with van der Waals surface area (Å²) >= 11 is 1.88. The van der Waals surface area contributed by atoms with Crippen LogP contribution in [0, 0.1) is 0 Å². The van der Waals surface area contributed by atoms with E-state index >= 15 is 0 Å². The minimum atomic E-state index is 0.250. The molecule has 58 heavy (non-hydrogen) atoms. The van der Waals surface area contributed by atoms with Gasteiger partial charge in [-0.15, -0.1) is 11.3 Å². The number of thiophene rings is 1. The Morgan fingerprint density at radius 3 is 2.16 bits per heavy atom. The molecular weight excluding hydrogens is 723 g/mol. The van der Waals surface area contributed by atoms with E-state index < -0.39 is 0 Å². The van der Waals surface area contributed by atoms with Gasteiger partial charge in [0.05, 0.1) is 17.1 Å². The van der Waals surface area contributed by atoms with Gasteiger partial charge in [0, 0.05) is 76.9 Å². The molecule has 0 saturated heterocycles. The van der Waals surface area contributed by atoms with Gasteiger partial charge in [-0.3, -0.25) is 0 Å². The standard InChI is InChI=1S/C54H39N3S/c1-2-12-36(13-3-1)55-47-18-8-6-16-41(47)45-32-37(24-28-52(45)55)56-48-19-9-4-14-39(48)43-30-34(22-26-50(43)56)35-23-27-51-44(31-35)40-15-5-10-20-49(40)57(51)38-25-29-54-46(33-38)42-17-7-11-21-53(42)58-54/h1-3,5-8,10-13,15-33,39-40,49H,4,9,14H2. The fraction of sp³-hybridized carbons (Fsp3) is 0.111. The van der Waals surface area contributed by atoms with Crippen molar-refractivity contribution in [1.29, 1.82) is 0 Å².